The molecule has 3 rings (SSSR count). The van der Waals surface area contributed by atoms with Gasteiger partial charge in [-0.15, -0.1) is 0 Å². The van der Waals surface area contributed by atoms with Gasteiger partial charge >= 0.3 is 0 Å². The van der Waals surface area contributed by atoms with Crippen LogP contribution in [0.15, 0.2) is 30.3 Å². The average molecular weight is 295 g/mol. The molecule has 1 saturated heterocycles. The van der Waals surface area contributed by atoms with Gasteiger partial charge in [-0.1, -0.05) is 18.2 Å². The quantitative estimate of drug-likeness (QED) is 0.874. The number of aryl methyl sites for hydroxylation is 2. The Balaban J connectivity index is 1.77. The fraction of sp³-hybridized carbons (Fsp3) is 0.389. The Morgan fingerprint density at radius 2 is 1.86 bits per heavy atom. The van der Waals surface area contributed by atoms with Crippen LogP contribution in [-0.2, 0) is 11.2 Å². The number of carbonyl (C=O) groups excluding carboxylic acids is 1. The molecule has 4 heteroatoms. The summed E-state index contributed by atoms with van der Waals surface area (Å²) < 4.78 is 0. The summed E-state index contributed by atoms with van der Waals surface area (Å²) in [5.74, 6) is 1.33. The largest absolute Gasteiger partial charge is 0.312 e. The SMILES string of the molecule is Cc1nc(C)c(C)c(C[C@H]2CC(=O)N(c3ccccc3)C2)n1. The number of carbonyl (C=O) groups is 1. The highest BCUT2D eigenvalue weighted by Gasteiger charge is 2.31. The summed E-state index contributed by atoms with van der Waals surface area (Å²) >= 11 is 0. The Hall–Kier alpha value is -2.23. The third-order valence-corrected chi connectivity index (χ3v) is 4.36. The number of aromatic nitrogens is 2. The topological polar surface area (TPSA) is 46.1 Å². The first-order valence-electron chi connectivity index (χ1n) is 7.70. The molecule has 0 aliphatic carbocycles. The molecule has 1 amide bonds. The third-order valence-electron chi connectivity index (χ3n) is 4.36. The van der Waals surface area contributed by atoms with Gasteiger partial charge in [0.25, 0.3) is 0 Å². The maximum absolute atomic E-state index is 12.3. The summed E-state index contributed by atoms with van der Waals surface area (Å²) in [6.07, 6.45) is 1.43. The summed E-state index contributed by atoms with van der Waals surface area (Å²) in [7, 11) is 0. The molecule has 1 fully saturated rings. The summed E-state index contributed by atoms with van der Waals surface area (Å²) in [6, 6.07) is 9.89. The second kappa shape index (κ2) is 5.87. The van der Waals surface area contributed by atoms with Crippen molar-refractivity contribution in [2.75, 3.05) is 11.4 Å². The molecular formula is C18H21N3O. The van der Waals surface area contributed by atoms with Crippen molar-refractivity contribution in [3.63, 3.8) is 0 Å². The zero-order chi connectivity index (χ0) is 15.7. The molecule has 0 N–H and O–H groups in total. The third kappa shape index (κ3) is 2.86. The van der Waals surface area contributed by atoms with Gasteiger partial charge in [-0.05, 0) is 50.8 Å². The molecule has 1 aliphatic rings. The molecule has 0 bridgehead atoms. The molecule has 22 heavy (non-hydrogen) atoms. The lowest BCUT2D eigenvalue weighted by molar-refractivity contribution is -0.117. The number of para-hydroxylation sites is 1. The van der Waals surface area contributed by atoms with Crippen LogP contribution < -0.4 is 4.90 Å². The maximum atomic E-state index is 12.3. The predicted molar refractivity (Wildman–Crippen MR) is 86.8 cm³/mol. The summed E-state index contributed by atoms with van der Waals surface area (Å²) in [5.41, 5.74) is 4.25. The van der Waals surface area contributed by atoms with E-state index in [2.05, 4.69) is 16.9 Å². The van der Waals surface area contributed by atoms with E-state index in [4.69, 9.17) is 0 Å². The van der Waals surface area contributed by atoms with E-state index in [-0.39, 0.29) is 5.91 Å². The van der Waals surface area contributed by atoms with Gasteiger partial charge < -0.3 is 4.90 Å². The minimum atomic E-state index is 0.205. The number of anilines is 1. The van der Waals surface area contributed by atoms with Crippen molar-refractivity contribution < 1.29 is 4.79 Å². The molecule has 0 unspecified atom stereocenters. The second-order valence-corrected chi connectivity index (χ2v) is 6.04. The standard InChI is InChI=1S/C18H21N3O/c1-12-13(2)19-14(3)20-17(12)9-15-10-18(22)21(11-15)16-7-5-4-6-8-16/h4-8,15H,9-11H2,1-3H3/t15-/m0/s1. The van der Waals surface area contributed by atoms with Gasteiger partial charge in [0.05, 0.1) is 0 Å². The van der Waals surface area contributed by atoms with Gasteiger partial charge in [-0.2, -0.15) is 0 Å². The van der Waals surface area contributed by atoms with Crippen molar-refractivity contribution in [3.8, 4) is 0 Å². The van der Waals surface area contributed by atoms with Crippen molar-refractivity contribution in [2.24, 2.45) is 5.92 Å². The van der Waals surface area contributed by atoms with Crippen molar-refractivity contribution in [1.29, 1.82) is 0 Å². The van der Waals surface area contributed by atoms with Gasteiger partial charge in [0.1, 0.15) is 5.82 Å². The number of nitrogens with zero attached hydrogens (tertiary/aromatic N) is 3. The van der Waals surface area contributed by atoms with E-state index in [1.165, 1.54) is 0 Å². The van der Waals surface area contributed by atoms with E-state index in [0.717, 1.165) is 41.4 Å². The number of amides is 1. The van der Waals surface area contributed by atoms with Crippen molar-refractivity contribution in [1.82, 2.24) is 9.97 Å². The van der Waals surface area contributed by atoms with Gasteiger partial charge in [0, 0.05) is 30.0 Å². The molecule has 4 nitrogen and oxygen atoms in total. The first kappa shape index (κ1) is 14.7. The van der Waals surface area contributed by atoms with Crippen LogP contribution in [0.4, 0.5) is 5.69 Å². The summed E-state index contributed by atoms with van der Waals surface area (Å²) in [4.78, 5) is 23.2. The summed E-state index contributed by atoms with van der Waals surface area (Å²) in [5, 5.41) is 0. The van der Waals surface area contributed by atoms with Crippen LogP contribution in [0.5, 0.6) is 0 Å². The molecule has 1 aromatic carbocycles. The molecule has 114 valence electrons. The van der Waals surface area contributed by atoms with Crippen LogP contribution in [0.1, 0.15) is 29.2 Å². The molecule has 2 heterocycles. The molecule has 1 atom stereocenters. The van der Waals surface area contributed by atoms with Gasteiger partial charge in [0.2, 0.25) is 5.91 Å². The predicted octanol–water partition coefficient (Wildman–Crippen LogP) is 3.00. The fourth-order valence-corrected chi connectivity index (χ4v) is 3.09. The highest BCUT2D eigenvalue weighted by Crippen LogP contribution is 2.27. The zero-order valence-electron chi connectivity index (χ0n) is 13.3. The smallest absolute Gasteiger partial charge is 0.227 e. The molecule has 0 spiro atoms. The number of benzene rings is 1. The normalized spacial score (nSPS) is 18.0. The minimum absolute atomic E-state index is 0.205. The molecular weight excluding hydrogens is 274 g/mol. The molecule has 1 aliphatic heterocycles. The van der Waals surface area contributed by atoms with Crippen molar-refractivity contribution in [2.45, 2.75) is 33.6 Å². The Morgan fingerprint density at radius 3 is 2.59 bits per heavy atom. The highest BCUT2D eigenvalue weighted by molar-refractivity contribution is 5.95. The lowest BCUT2D eigenvalue weighted by Crippen LogP contribution is -2.24. The van der Waals surface area contributed by atoms with Crippen LogP contribution in [0.25, 0.3) is 0 Å². The van der Waals surface area contributed by atoms with Crippen molar-refractivity contribution >= 4 is 11.6 Å². The van der Waals surface area contributed by atoms with Crippen LogP contribution in [0.2, 0.25) is 0 Å². The first-order valence-corrected chi connectivity index (χ1v) is 7.70. The number of rotatable bonds is 3. The Morgan fingerprint density at radius 1 is 1.14 bits per heavy atom. The van der Waals surface area contributed by atoms with Crippen molar-refractivity contribution in [3.05, 3.63) is 53.1 Å². The molecule has 2 aromatic rings. The van der Waals surface area contributed by atoms with Gasteiger partial charge in [-0.25, -0.2) is 9.97 Å². The van der Waals surface area contributed by atoms with Crippen LogP contribution in [-0.4, -0.2) is 22.4 Å². The van der Waals surface area contributed by atoms with Gasteiger partial charge in [-0.3, -0.25) is 4.79 Å². The zero-order valence-corrected chi connectivity index (χ0v) is 13.3. The number of hydrogen-bond acceptors (Lipinski definition) is 3. The van der Waals surface area contributed by atoms with E-state index < -0.39 is 0 Å². The lowest BCUT2D eigenvalue weighted by atomic mass is 9.99. The van der Waals surface area contributed by atoms with E-state index >= 15 is 0 Å². The average Bonchev–Trinajstić information content (AvgIpc) is 2.86. The Bertz CT molecular complexity index is 697. The Kier molecular flexibility index (Phi) is 3.92. The Labute approximate surface area is 131 Å². The first-order chi connectivity index (χ1) is 10.5. The van der Waals surface area contributed by atoms with Crippen LogP contribution >= 0.6 is 0 Å². The molecule has 0 radical (unpaired) electrons. The number of hydrogen-bond donors (Lipinski definition) is 0. The van der Waals surface area contributed by atoms with E-state index in [1.54, 1.807) is 0 Å². The van der Waals surface area contributed by atoms with E-state index in [0.29, 0.717) is 12.3 Å². The lowest BCUT2D eigenvalue weighted by Gasteiger charge is -2.17. The molecule has 1 aromatic heterocycles. The highest BCUT2D eigenvalue weighted by atomic mass is 16.2. The van der Waals surface area contributed by atoms with Gasteiger partial charge in [0.15, 0.2) is 0 Å². The van der Waals surface area contributed by atoms with Crippen LogP contribution in [0.3, 0.4) is 0 Å². The minimum Gasteiger partial charge on any atom is -0.312 e. The maximum Gasteiger partial charge on any atom is 0.227 e. The summed E-state index contributed by atoms with van der Waals surface area (Å²) in [6.45, 7) is 6.77. The van der Waals surface area contributed by atoms with E-state index in [1.807, 2.05) is 49.1 Å². The van der Waals surface area contributed by atoms with E-state index in [9.17, 15) is 4.79 Å². The van der Waals surface area contributed by atoms with Crippen LogP contribution in [0, 0.1) is 26.7 Å². The second-order valence-electron chi connectivity index (χ2n) is 6.04. The molecule has 0 saturated carbocycles. The monoisotopic (exact) mass is 295 g/mol. The fourth-order valence-electron chi connectivity index (χ4n) is 3.09.